The summed E-state index contributed by atoms with van der Waals surface area (Å²) < 4.78 is 34.9. The molecule has 0 atom stereocenters. The molecule has 0 unspecified atom stereocenters. The van der Waals surface area contributed by atoms with Gasteiger partial charge < -0.3 is 4.42 Å². The van der Waals surface area contributed by atoms with Gasteiger partial charge in [0.15, 0.2) is 5.76 Å². The molecule has 21 heavy (non-hydrogen) atoms. The van der Waals surface area contributed by atoms with Crippen molar-refractivity contribution >= 4 is 10.1 Å². The molecular formula is C14H14IO5S+. The van der Waals surface area contributed by atoms with Crippen LogP contribution in [0, 0.1) is 24.3 Å². The highest BCUT2D eigenvalue weighted by atomic mass is 127. The Labute approximate surface area is 133 Å². The molecule has 2 rings (SSSR count). The van der Waals surface area contributed by atoms with E-state index in [1.54, 1.807) is 26.0 Å². The van der Waals surface area contributed by atoms with Crippen LogP contribution in [0.5, 0.6) is 0 Å². The van der Waals surface area contributed by atoms with Gasteiger partial charge in [0.1, 0.15) is 5.76 Å². The molecule has 0 bridgehead atoms. The van der Waals surface area contributed by atoms with Gasteiger partial charge in [0.05, 0.1) is 4.90 Å². The Morgan fingerprint density at radius 2 is 1.71 bits per heavy atom. The lowest BCUT2D eigenvalue weighted by Crippen LogP contribution is -3.62. The molecule has 0 N–H and O–H groups in total. The number of hydrogen-bond donors (Lipinski definition) is 0. The van der Waals surface area contributed by atoms with Crippen molar-refractivity contribution in [1.29, 1.82) is 0 Å². The quantitative estimate of drug-likeness (QED) is 0.602. The minimum absolute atomic E-state index is 0.0851. The van der Waals surface area contributed by atoms with Crippen LogP contribution in [-0.2, 0) is 12.6 Å². The maximum absolute atomic E-state index is 12.1. The van der Waals surface area contributed by atoms with Gasteiger partial charge >= 0.3 is 35.3 Å². The molecule has 0 fully saturated rings. The van der Waals surface area contributed by atoms with Gasteiger partial charge in [-0.1, -0.05) is 17.7 Å². The molecule has 2 aromatic rings. The predicted molar refractivity (Wildman–Crippen MR) is 72.6 cm³/mol. The van der Waals surface area contributed by atoms with Crippen LogP contribution in [0.4, 0.5) is 0 Å². The first-order chi connectivity index (χ1) is 9.79. The Kier molecular flexibility index (Phi) is 4.84. The summed E-state index contributed by atoms with van der Waals surface area (Å²) in [5.74, 6) is 0.901. The second-order valence-corrected chi connectivity index (χ2v) is 8.60. The van der Waals surface area contributed by atoms with Gasteiger partial charge in [-0.2, -0.15) is 8.42 Å². The average Bonchev–Trinajstić information content (AvgIpc) is 2.37. The lowest BCUT2D eigenvalue weighted by molar-refractivity contribution is -0.839. The minimum atomic E-state index is -3.85. The fraction of sp³-hybridized carbons (Fsp3) is 0.214. The van der Waals surface area contributed by atoms with Crippen LogP contribution < -0.4 is 27.0 Å². The van der Waals surface area contributed by atoms with Gasteiger partial charge in [0.2, 0.25) is 5.43 Å². The van der Waals surface area contributed by atoms with Gasteiger partial charge in [-0.25, -0.2) is 0 Å². The van der Waals surface area contributed by atoms with Crippen molar-refractivity contribution in [1.82, 2.24) is 0 Å². The lowest BCUT2D eigenvalue weighted by atomic mass is 10.2. The van der Waals surface area contributed by atoms with Gasteiger partial charge in [-0.05, 0) is 35.4 Å². The van der Waals surface area contributed by atoms with Crippen LogP contribution >= 0.6 is 0 Å². The van der Waals surface area contributed by atoms with Gasteiger partial charge in [0, 0.05) is 6.07 Å². The summed E-state index contributed by atoms with van der Waals surface area (Å²) in [5.41, 5.74) is 0.710. The van der Waals surface area contributed by atoms with Crippen LogP contribution in [0.1, 0.15) is 17.1 Å². The molecule has 1 aromatic carbocycles. The first kappa shape index (κ1) is 16.2. The van der Waals surface area contributed by atoms with Gasteiger partial charge in [-0.3, -0.25) is 4.79 Å². The van der Waals surface area contributed by atoms with Crippen molar-refractivity contribution in [2.24, 2.45) is 0 Å². The molecule has 0 amide bonds. The van der Waals surface area contributed by atoms with E-state index in [4.69, 9.17) is 6.93 Å². The first-order valence-corrected chi connectivity index (χ1v) is 9.43. The summed E-state index contributed by atoms with van der Waals surface area (Å²) in [6.45, 7) is 5.16. The van der Waals surface area contributed by atoms with Crippen LogP contribution in [-0.4, -0.2) is 8.42 Å². The third-order valence-electron chi connectivity index (χ3n) is 2.68. The molecule has 0 saturated carbocycles. The highest BCUT2D eigenvalue weighted by Gasteiger charge is 2.32. The standard InChI is InChI=1S/C14H14IO5S/c1-9-4-6-12(7-5-9)21(17,18)20-15-14-11(3)19-10(2)8-13(14)16/h4-8H,1-3H3/q+1. The molecule has 0 aliphatic carbocycles. The Balaban J connectivity index is 2.23. The number of benzene rings is 1. The number of hydrogen-bond acceptors (Lipinski definition) is 5. The highest BCUT2D eigenvalue weighted by molar-refractivity contribution is 7.86. The van der Waals surface area contributed by atoms with E-state index in [1.807, 2.05) is 6.92 Å². The maximum atomic E-state index is 12.1. The summed E-state index contributed by atoms with van der Waals surface area (Å²) >= 11 is -1.45. The molecule has 0 saturated heterocycles. The Morgan fingerprint density at radius 1 is 1.10 bits per heavy atom. The summed E-state index contributed by atoms with van der Waals surface area (Å²) in [5, 5.41) is 0. The Morgan fingerprint density at radius 3 is 2.29 bits per heavy atom. The largest absolute Gasteiger partial charge is 0.548 e. The van der Waals surface area contributed by atoms with E-state index in [0.717, 1.165) is 5.56 Å². The van der Waals surface area contributed by atoms with E-state index < -0.39 is 31.7 Å². The average molecular weight is 421 g/mol. The molecular weight excluding hydrogens is 407 g/mol. The van der Waals surface area contributed by atoms with Crippen LogP contribution in [0.2, 0.25) is 0 Å². The minimum Gasteiger partial charge on any atom is -0.462 e. The van der Waals surface area contributed by atoms with Gasteiger partial charge in [0.25, 0.3) is 0 Å². The fourth-order valence-electron chi connectivity index (χ4n) is 1.64. The van der Waals surface area contributed by atoms with Crippen molar-refractivity contribution in [2.45, 2.75) is 25.7 Å². The summed E-state index contributed by atoms with van der Waals surface area (Å²) in [7, 11) is -3.85. The number of halogens is 1. The van der Waals surface area contributed by atoms with Crippen LogP contribution in [0.3, 0.4) is 0 Å². The summed E-state index contributed by atoms with van der Waals surface area (Å²) in [4.78, 5) is 11.9. The summed E-state index contributed by atoms with van der Waals surface area (Å²) in [6, 6.07) is 7.70. The van der Waals surface area contributed by atoms with E-state index in [2.05, 4.69) is 0 Å². The fourth-order valence-corrected chi connectivity index (χ4v) is 5.00. The molecule has 1 aromatic heterocycles. The maximum Gasteiger partial charge on any atom is 0.548 e. The van der Waals surface area contributed by atoms with Crippen molar-refractivity contribution in [3.8, 4) is 0 Å². The zero-order chi connectivity index (χ0) is 15.6. The molecule has 5 nitrogen and oxygen atoms in total. The molecule has 0 radical (unpaired) electrons. The molecule has 1 heterocycles. The van der Waals surface area contributed by atoms with Crippen molar-refractivity contribution in [3.63, 3.8) is 0 Å². The van der Waals surface area contributed by atoms with E-state index in [9.17, 15) is 13.2 Å². The Bertz CT molecular complexity index is 806. The zero-order valence-corrected chi connectivity index (χ0v) is 14.7. The predicted octanol–water partition coefficient (Wildman–Crippen LogP) is -0.856. The second-order valence-electron chi connectivity index (χ2n) is 4.50. The van der Waals surface area contributed by atoms with E-state index >= 15 is 0 Å². The second kappa shape index (κ2) is 6.29. The zero-order valence-electron chi connectivity index (χ0n) is 11.7. The molecule has 112 valence electrons. The van der Waals surface area contributed by atoms with Crippen LogP contribution in [0.15, 0.2) is 44.4 Å². The topological polar surface area (TPSA) is 73.6 Å². The molecule has 0 spiro atoms. The summed E-state index contributed by atoms with van der Waals surface area (Å²) in [6.07, 6.45) is 0. The number of rotatable bonds is 4. The first-order valence-electron chi connectivity index (χ1n) is 6.06. The highest BCUT2D eigenvalue weighted by Crippen LogP contribution is 2.10. The molecule has 0 aliphatic rings. The van der Waals surface area contributed by atoms with E-state index in [0.29, 0.717) is 15.1 Å². The molecule has 0 aliphatic heterocycles. The van der Waals surface area contributed by atoms with Crippen molar-refractivity contribution < 1.29 is 37.0 Å². The third kappa shape index (κ3) is 3.92. The Hall–Kier alpha value is -1.19. The van der Waals surface area contributed by atoms with E-state index in [-0.39, 0.29) is 10.3 Å². The smallest absolute Gasteiger partial charge is 0.462 e. The van der Waals surface area contributed by atoms with E-state index in [1.165, 1.54) is 18.2 Å². The lowest BCUT2D eigenvalue weighted by Gasteiger charge is -1.98. The normalized spacial score (nSPS) is 11.6. The van der Waals surface area contributed by atoms with Crippen LogP contribution in [0.25, 0.3) is 0 Å². The van der Waals surface area contributed by atoms with Gasteiger partial charge in [-0.15, -0.1) is 0 Å². The SMILES string of the molecule is Cc1ccc(S(=O)(=O)O[I+]c2c(C)oc(C)cc2=O)cc1. The van der Waals surface area contributed by atoms with Crippen molar-refractivity contribution in [2.75, 3.05) is 0 Å². The molecule has 7 heteroatoms. The monoisotopic (exact) mass is 421 g/mol. The van der Waals surface area contributed by atoms with Crippen molar-refractivity contribution in [3.05, 3.63) is 61.2 Å². The number of aryl methyl sites for hydroxylation is 3. The third-order valence-corrected chi connectivity index (χ3v) is 7.44.